The quantitative estimate of drug-likeness (QED) is 0.413. The summed E-state index contributed by atoms with van der Waals surface area (Å²) in [6.07, 6.45) is 1.16. The van der Waals surface area contributed by atoms with E-state index in [2.05, 4.69) is 0 Å². The van der Waals surface area contributed by atoms with Gasteiger partial charge in [0, 0.05) is 33.3 Å². The Bertz CT molecular complexity index is 1270. The molecule has 2 aliphatic rings. The first-order valence-electron chi connectivity index (χ1n) is 12.1. The van der Waals surface area contributed by atoms with Crippen LogP contribution in [0.1, 0.15) is 65.7 Å². The van der Waals surface area contributed by atoms with E-state index in [1.165, 1.54) is 0 Å². The SMILES string of the molecule is CC(C)(O)c1ccc2c(c1)C(=O)N(Cc1ccc(Cl)cc1)[C@@]2(O[C@H]1CC[C@@H](O)C1)c1ccc(Cl)cc1. The first-order chi connectivity index (χ1) is 17.1. The maximum Gasteiger partial charge on any atom is 0.257 e. The molecule has 188 valence electrons. The molecule has 1 aliphatic carbocycles. The number of aliphatic hydroxyl groups excluding tert-OH is 1. The van der Waals surface area contributed by atoms with Gasteiger partial charge in [-0.05, 0) is 74.6 Å². The van der Waals surface area contributed by atoms with Crippen LogP contribution in [0.25, 0.3) is 0 Å². The van der Waals surface area contributed by atoms with E-state index in [1.807, 2.05) is 36.4 Å². The Hall–Kier alpha value is -2.41. The molecule has 7 heteroatoms. The van der Waals surface area contributed by atoms with Crippen molar-refractivity contribution in [2.24, 2.45) is 0 Å². The third-order valence-electron chi connectivity index (χ3n) is 7.13. The molecule has 0 spiro atoms. The summed E-state index contributed by atoms with van der Waals surface area (Å²) in [7, 11) is 0. The van der Waals surface area contributed by atoms with E-state index < -0.39 is 17.4 Å². The van der Waals surface area contributed by atoms with Crippen LogP contribution in [-0.4, -0.2) is 33.2 Å². The summed E-state index contributed by atoms with van der Waals surface area (Å²) in [4.78, 5) is 15.8. The number of fused-ring (bicyclic) bond motifs is 1. The van der Waals surface area contributed by atoms with Crippen molar-refractivity contribution in [3.05, 3.63) is 105 Å². The summed E-state index contributed by atoms with van der Waals surface area (Å²) in [6, 6.07) is 20.2. The van der Waals surface area contributed by atoms with Crippen LogP contribution in [-0.2, 0) is 22.6 Å². The third-order valence-corrected chi connectivity index (χ3v) is 7.63. The number of rotatable bonds is 6. The number of ether oxygens (including phenoxy) is 1. The summed E-state index contributed by atoms with van der Waals surface area (Å²) in [5.74, 6) is -0.195. The van der Waals surface area contributed by atoms with E-state index in [0.29, 0.717) is 46.0 Å². The average molecular weight is 526 g/mol. The van der Waals surface area contributed by atoms with Gasteiger partial charge in [-0.1, -0.05) is 59.6 Å². The predicted octanol–water partition coefficient (Wildman–Crippen LogP) is 6.01. The molecule has 5 nitrogen and oxygen atoms in total. The van der Waals surface area contributed by atoms with Crippen molar-refractivity contribution in [2.45, 2.75) is 63.2 Å². The number of aliphatic hydroxyl groups is 2. The van der Waals surface area contributed by atoms with E-state index in [-0.39, 0.29) is 18.6 Å². The smallest absolute Gasteiger partial charge is 0.257 e. The number of nitrogens with zero attached hydrogens (tertiary/aromatic N) is 1. The van der Waals surface area contributed by atoms with Gasteiger partial charge in [0.25, 0.3) is 5.91 Å². The Kier molecular flexibility index (Phi) is 6.64. The normalized spacial score (nSPS) is 23.8. The standard InChI is InChI=1S/C29H29Cl2NO4/c1-28(2,35)20-7-14-26-25(15-20)27(34)32(17-18-3-8-21(30)9-4-18)29(26,19-5-10-22(31)11-6-19)36-24-13-12-23(33)16-24/h3-11,14-15,23-24,33,35H,12-13,16-17H2,1-2H3/t23-,24+,29-/m1/s1. The molecule has 0 unspecified atom stereocenters. The van der Waals surface area contributed by atoms with Crippen LogP contribution in [0.4, 0.5) is 0 Å². The molecule has 1 aliphatic heterocycles. The van der Waals surface area contributed by atoms with Crippen LogP contribution >= 0.6 is 23.2 Å². The van der Waals surface area contributed by atoms with Gasteiger partial charge in [-0.3, -0.25) is 9.69 Å². The summed E-state index contributed by atoms with van der Waals surface area (Å²) in [5, 5.41) is 22.1. The van der Waals surface area contributed by atoms with Crippen LogP contribution < -0.4 is 0 Å². The zero-order valence-electron chi connectivity index (χ0n) is 20.2. The minimum atomic E-state index is -1.23. The molecular formula is C29H29Cl2NO4. The Balaban J connectivity index is 1.71. The van der Waals surface area contributed by atoms with Crippen LogP contribution in [0.15, 0.2) is 66.7 Å². The van der Waals surface area contributed by atoms with E-state index in [9.17, 15) is 15.0 Å². The topological polar surface area (TPSA) is 70.0 Å². The van der Waals surface area contributed by atoms with Crippen molar-refractivity contribution >= 4 is 29.1 Å². The number of halogens is 2. The second kappa shape index (κ2) is 9.47. The number of amides is 1. The molecule has 3 aromatic carbocycles. The summed E-state index contributed by atoms with van der Waals surface area (Å²) < 4.78 is 6.90. The molecule has 0 bridgehead atoms. The third kappa shape index (κ3) is 4.55. The summed E-state index contributed by atoms with van der Waals surface area (Å²) in [5.41, 5.74) is 1.16. The van der Waals surface area contributed by atoms with Gasteiger partial charge in [0.2, 0.25) is 0 Å². The number of carbonyl (C=O) groups is 1. The lowest BCUT2D eigenvalue weighted by Gasteiger charge is -2.41. The fourth-order valence-corrected chi connectivity index (χ4v) is 5.49. The highest BCUT2D eigenvalue weighted by Crippen LogP contribution is 2.49. The molecule has 1 heterocycles. The highest BCUT2D eigenvalue weighted by molar-refractivity contribution is 6.30. The van der Waals surface area contributed by atoms with Crippen LogP contribution in [0.5, 0.6) is 0 Å². The van der Waals surface area contributed by atoms with E-state index in [4.69, 9.17) is 27.9 Å². The highest BCUT2D eigenvalue weighted by atomic mass is 35.5. The van der Waals surface area contributed by atoms with Crippen molar-refractivity contribution in [3.63, 3.8) is 0 Å². The maximum atomic E-state index is 14.1. The largest absolute Gasteiger partial charge is 0.393 e. The van der Waals surface area contributed by atoms with Crippen LogP contribution in [0.3, 0.4) is 0 Å². The van der Waals surface area contributed by atoms with Crippen LogP contribution in [0, 0.1) is 0 Å². The number of benzene rings is 3. The second-order valence-corrected chi connectivity index (χ2v) is 11.1. The number of carbonyl (C=O) groups excluding carboxylic acids is 1. The molecule has 0 aromatic heterocycles. The average Bonchev–Trinajstić information content (AvgIpc) is 3.35. The minimum Gasteiger partial charge on any atom is -0.393 e. The molecule has 3 atom stereocenters. The Morgan fingerprint density at radius 3 is 2.22 bits per heavy atom. The first-order valence-corrected chi connectivity index (χ1v) is 12.9. The predicted molar refractivity (Wildman–Crippen MR) is 140 cm³/mol. The van der Waals surface area contributed by atoms with Gasteiger partial charge in [-0.15, -0.1) is 0 Å². The Morgan fingerprint density at radius 2 is 1.64 bits per heavy atom. The maximum absolute atomic E-state index is 14.1. The van der Waals surface area contributed by atoms with Crippen molar-refractivity contribution in [3.8, 4) is 0 Å². The molecule has 1 saturated carbocycles. The monoisotopic (exact) mass is 525 g/mol. The molecule has 1 fully saturated rings. The lowest BCUT2D eigenvalue weighted by molar-refractivity contribution is -0.147. The highest BCUT2D eigenvalue weighted by Gasteiger charge is 2.54. The zero-order chi connectivity index (χ0) is 25.7. The van der Waals surface area contributed by atoms with Crippen molar-refractivity contribution in [2.75, 3.05) is 0 Å². The second-order valence-electron chi connectivity index (χ2n) is 10.2. The van der Waals surface area contributed by atoms with Gasteiger partial charge in [0.15, 0.2) is 5.72 Å². The summed E-state index contributed by atoms with van der Waals surface area (Å²) in [6.45, 7) is 3.67. The zero-order valence-corrected chi connectivity index (χ0v) is 21.8. The van der Waals surface area contributed by atoms with Gasteiger partial charge < -0.3 is 14.9 Å². The molecule has 5 rings (SSSR count). The molecule has 0 radical (unpaired) electrons. The Morgan fingerprint density at radius 1 is 1.00 bits per heavy atom. The molecule has 36 heavy (non-hydrogen) atoms. The van der Waals surface area contributed by atoms with Gasteiger partial charge in [0.05, 0.1) is 17.8 Å². The lowest BCUT2D eigenvalue weighted by atomic mass is 9.89. The Labute approximate surface area is 221 Å². The van der Waals surface area contributed by atoms with Gasteiger partial charge in [0.1, 0.15) is 0 Å². The molecule has 1 amide bonds. The van der Waals surface area contributed by atoms with Gasteiger partial charge >= 0.3 is 0 Å². The molecule has 0 saturated heterocycles. The number of hydrogen-bond donors (Lipinski definition) is 2. The lowest BCUT2D eigenvalue weighted by Crippen LogP contribution is -2.48. The van der Waals surface area contributed by atoms with Crippen molar-refractivity contribution in [1.29, 1.82) is 0 Å². The first kappa shape index (κ1) is 25.2. The molecular weight excluding hydrogens is 497 g/mol. The van der Waals surface area contributed by atoms with Crippen molar-refractivity contribution < 1.29 is 19.7 Å². The minimum absolute atomic E-state index is 0.195. The fourth-order valence-electron chi connectivity index (χ4n) is 5.23. The van der Waals surface area contributed by atoms with E-state index in [1.54, 1.807) is 49.1 Å². The van der Waals surface area contributed by atoms with Crippen molar-refractivity contribution in [1.82, 2.24) is 4.90 Å². The van der Waals surface area contributed by atoms with E-state index in [0.717, 1.165) is 11.1 Å². The van der Waals surface area contributed by atoms with Gasteiger partial charge in [-0.2, -0.15) is 0 Å². The van der Waals surface area contributed by atoms with Crippen LogP contribution in [0.2, 0.25) is 10.0 Å². The molecule has 3 aromatic rings. The van der Waals surface area contributed by atoms with E-state index >= 15 is 0 Å². The molecule has 2 N–H and O–H groups in total. The van der Waals surface area contributed by atoms with Gasteiger partial charge in [-0.25, -0.2) is 0 Å². The fraction of sp³-hybridized carbons (Fsp3) is 0.345. The number of hydrogen-bond acceptors (Lipinski definition) is 4. The summed E-state index contributed by atoms with van der Waals surface area (Å²) >= 11 is 12.4.